The zero-order valence-electron chi connectivity index (χ0n) is 14.9. The molecule has 0 N–H and O–H groups in total. The standard InChI is InChI=1S/C19H23N3O2S/c1-13-18(25-14(2)20-13)16-5-7-17(8-6-16)19(24)22-10-4-9-21(11-12-22)15(3)23/h5-8H,4,9-12H2,1-3H3. The zero-order valence-corrected chi connectivity index (χ0v) is 15.7. The van der Waals surface area contributed by atoms with Crippen LogP contribution in [0.5, 0.6) is 0 Å². The molecule has 6 heteroatoms. The summed E-state index contributed by atoms with van der Waals surface area (Å²) in [5.41, 5.74) is 2.82. The number of hydrogen-bond donors (Lipinski definition) is 0. The smallest absolute Gasteiger partial charge is 0.253 e. The Morgan fingerprint density at radius 1 is 1.00 bits per heavy atom. The number of carbonyl (C=O) groups excluding carboxylic acids is 2. The van der Waals surface area contributed by atoms with Crippen molar-refractivity contribution in [3.63, 3.8) is 0 Å². The lowest BCUT2D eigenvalue weighted by atomic mass is 10.1. The zero-order chi connectivity index (χ0) is 18.0. The molecule has 2 amide bonds. The van der Waals surface area contributed by atoms with Crippen LogP contribution in [0.2, 0.25) is 0 Å². The maximum Gasteiger partial charge on any atom is 0.253 e. The van der Waals surface area contributed by atoms with Gasteiger partial charge in [-0.1, -0.05) is 12.1 Å². The molecule has 0 radical (unpaired) electrons. The second-order valence-electron chi connectivity index (χ2n) is 6.38. The van der Waals surface area contributed by atoms with Crippen LogP contribution in [0.25, 0.3) is 10.4 Å². The van der Waals surface area contributed by atoms with Crippen LogP contribution in [-0.2, 0) is 4.79 Å². The van der Waals surface area contributed by atoms with E-state index in [4.69, 9.17) is 0 Å². The average molecular weight is 357 g/mol. The summed E-state index contributed by atoms with van der Waals surface area (Å²) in [6.07, 6.45) is 0.822. The Balaban J connectivity index is 1.72. The lowest BCUT2D eigenvalue weighted by molar-refractivity contribution is -0.128. The van der Waals surface area contributed by atoms with Crippen molar-refractivity contribution in [2.24, 2.45) is 0 Å². The summed E-state index contributed by atoms with van der Waals surface area (Å²) >= 11 is 1.67. The van der Waals surface area contributed by atoms with Gasteiger partial charge in [-0.15, -0.1) is 11.3 Å². The summed E-state index contributed by atoms with van der Waals surface area (Å²) in [6, 6.07) is 7.76. The van der Waals surface area contributed by atoms with E-state index in [1.807, 2.05) is 47.9 Å². The largest absolute Gasteiger partial charge is 0.341 e. The van der Waals surface area contributed by atoms with Gasteiger partial charge in [-0.3, -0.25) is 9.59 Å². The maximum atomic E-state index is 12.8. The maximum absolute atomic E-state index is 12.8. The molecule has 2 heterocycles. The molecule has 1 aliphatic rings. The number of amides is 2. The van der Waals surface area contributed by atoms with Gasteiger partial charge in [-0.25, -0.2) is 4.98 Å². The fourth-order valence-electron chi connectivity index (χ4n) is 3.18. The van der Waals surface area contributed by atoms with Gasteiger partial charge in [-0.2, -0.15) is 0 Å². The minimum absolute atomic E-state index is 0.0363. The van der Waals surface area contributed by atoms with Crippen molar-refractivity contribution in [2.75, 3.05) is 26.2 Å². The van der Waals surface area contributed by atoms with E-state index in [9.17, 15) is 9.59 Å². The molecule has 0 atom stereocenters. The van der Waals surface area contributed by atoms with Gasteiger partial charge in [0.2, 0.25) is 5.91 Å². The lowest BCUT2D eigenvalue weighted by Crippen LogP contribution is -2.36. The van der Waals surface area contributed by atoms with E-state index >= 15 is 0 Å². The molecule has 0 spiro atoms. The third-order valence-electron chi connectivity index (χ3n) is 4.53. The molecule has 0 unspecified atom stereocenters. The Morgan fingerprint density at radius 3 is 2.24 bits per heavy atom. The number of aromatic nitrogens is 1. The normalized spacial score (nSPS) is 15.2. The van der Waals surface area contributed by atoms with E-state index in [0.717, 1.165) is 34.1 Å². The summed E-state index contributed by atoms with van der Waals surface area (Å²) in [6.45, 7) is 8.21. The number of aryl methyl sites for hydroxylation is 2. The minimum Gasteiger partial charge on any atom is -0.341 e. The Kier molecular flexibility index (Phi) is 5.18. The van der Waals surface area contributed by atoms with Crippen molar-refractivity contribution < 1.29 is 9.59 Å². The number of benzene rings is 1. The van der Waals surface area contributed by atoms with Gasteiger partial charge in [-0.05, 0) is 38.0 Å². The average Bonchev–Trinajstić information content (AvgIpc) is 2.79. The summed E-state index contributed by atoms with van der Waals surface area (Å²) in [5, 5.41) is 1.05. The van der Waals surface area contributed by atoms with Crippen LogP contribution < -0.4 is 0 Å². The highest BCUT2D eigenvalue weighted by molar-refractivity contribution is 7.15. The number of hydrogen-bond acceptors (Lipinski definition) is 4. The molecule has 5 nitrogen and oxygen atoms in total. The highest BCUT2D eigenvalue weighted by atomic mass is 32.1. The number of rotatable bonds is 2. The topological polar surface area (TPSA) is 53.5 Å². The highest BCUT2D eigenvalue weighted by Crippen LogP contribution is 2.29. The Morgan fingerprint density at radius 2 is 1.64 bits per heavy atom. The molecular weight excluding hydrogens is 334 g/mol. The molecule has 0 aliphatic carbocycles. The lowest BCUT2D eigenvalue weighted by Gasteiger charge is -2.21. The molecule has 1 aromatic carbocycles. The second-order valence-corrected chi connectivity index (χ2v) is 7.58. The van der Waals surface area contributed by atoms with Crippen LogP contribution in [0.3, 0.4) is 0 Å². The van der Waals surface area contributed by atoms with E-state index in [1.54, 1.807) is 18.3 Å². The van der Waals surface area contributed by atoms with E-state index in [1.165, 1.54) is 0 Å². The first-order chi connectivity index (χ1) is 12.0. The van der Waals surface area contributed by atoms with E-state index in [-0.39, 0.29) is 11.8 Å². The molecule has 1 saturated heterocycles. The van der Waals surface area contributed by atoms with E-state index < -0.39 is 0 Å². The molecule has 132 valence electrons. The van der Waals surface area contributed by atoms with Crippen molar-refractivity contribution in [2.45, 2.75) is 27.2 Å². The summed E-state index contributed by atoms with van der Waals surface area (Å²) in [7, 11) is 0. The molecule has 0 saturated carbocycles. The fraction of sp³-hybridized carbons (Fsp3) is 0.421. The SMILES string of the molecule is CC(=O)N1CCCN(C(=O)c2ccc(-c3sc(C)nc3C)cc2)CC1. The van der Waals surface area contributed by atoms with Crippen molar-refractivity contribution in [1.29, 1.82) is 0 Å². The van der Waals surface area contributed by atoms with Crippen LogP contribution in [0, 0.1) is 13.8 Å². The molecule has 1 aromatic heterocycles. The van der Waals surface area contributed by atoms with Crippen LogP contribution in [0.1, 0.15) is 34.4 Å². The fourth-order valence-corrected chi connectivity index (χ4v) is 4.11. The van der Waals surface area contributed by atoms with Crippen LogP contribution in [0.4, 0.5) is 0 Å². The number of nitrogens with zero attached hydrogens (tertiary/aromatic N) is 3. The predicted octanol–water partition coefficient (Wildman–Crippen LogP) is 3.12. The molecule has 1 aliphatic heterocycles. The van der Waals surface area contributed by atoms with Gasteiger partial charge in [0, 0.05) is 38.7 Å². The molecule has 2 aromatic rings. The number of thiazole rings is 1. The third kappa shape index (κ3) is 3.90. The van der Waals surface area contributed by atoms with Gasteiger partial charge < -0.3 is 9.80 Å². The van der Waals surface area contributed by atoms with Crippen LogP contribution in [-0.4, -0.2) is 52.8 Å². The summed E-state index contributed by atoms with van der Waals surface area (Å²) in [4.78, 5) is 33.6. The van der Waals surface area contributed by atoms with Gasteiger partial charge in [0.25, 0.3) is 5.91 Å². The van der Waals surface area contributed by atoms with Gasteiger partial charge >= 0.3 is 0 Å². The van der Waals surface area contributed by atoms with Crippen LogP contribution in [0.15, 0.2) is 24.3 Å². The van der Waals surface area contributed by atoms with Gasteiger partial charge in [0.15, 0.2) is 0 Å². The molecule has 3 rings (SSSR count). The number of carbonyl (C=O) groups is 2. The van der Waals surface area contributed by atoms with E-state index in [0.29, 0.717) is 25.2 Å². The highest BCUT2D eigenvalue weighted by Gasteiger charge is 2.21. The van der Waals surface area contributed by atoms with Crippen LogP contribution >= 0.6 is 11.3 Å². The van der Waals surface area contributed by atoms with Gasteiger partial charge in [0.05, 0.1) is 15.6 Å². The molecular formula is C19H23N3O2S. The first kappa shape index (κ1) is 17.6. The first-order valence-electron chi connectivity index (χ1n) is 8.55. The third-order valence-corrected chi connectivity index (χ3v) is 5.65. The Hall–Kier alpha value is -2.21. The minimum atomic E-state index is 0.0363. The molecule has 25 heavy (non-hydrogen) atoms. The Labute approximate surface area is 152 Å². The Bertz CT molecular complexity index is 782. The monoisotopic (exact) mass is 357 g/mol. The molecule has 1 fully saturated rings. The first-order valence-corrected chi connectivity index (χ1v) is 9.36. The van der Waals surface area contributed by atoms with Crippen molar-refractivity contribution in [3.05, 3.63) is 40.5 Å². The predicted molar refractivity (Wildman–Crippen MR) is 99.8 cm³/mol. The van der Waals surface area contributed by atoms with Gasteiger partial charge in [0.1, 0.15) is 0 Å². The van der Waals surface area contributed by atoms with E-state index in [2.05, 4.69) is 4.98 Å². The quantitative estimate of drug-likeness (QED) is 0.830. The van der Waals surface area contributed by atoms with Crippen molar-refractivity contribution in [3.8, 4) is 10.4 Å². The second kappa shape index (κ2) is 7.35. The summed E-state index contributed by atoms with van der Waals surface area (Å²) in [5.74, 6) is 0.114. The molecule has 0 bridgehead atoms. The van der Waals surface area contributed by atoms with Crippen molar-refractivity contribution in [1.82, 2.24) is 14.8 Å². The van der Waals surface area contributed by atoms with Crippen molar-refractivity contribution >= 4 is 23.2 Å². The summed E-state index contributed by atoms with van der Waals surface area (Å²) < 4.78 is 0.